The Morgan fingerprint density at radius 1 is 1.71 bits per heavy atom. The quantitative estimate of drug-likeness (QED) is 0.747. The topological polar surface area (TPSA) is 75.1 Å². The highest BCUT2D eigenvalue weighted by Gasteiger charge is 2.28. The first kappa shape index (κ1) is 10.9. The van der Waals surface area contributed by atoms with Gasteiger partial charge >= 0.3 is 0 Å². The first-order chi connectivity index (χ1) is 6.55. The van der Waals surface area contributed by atoms with Crippen molar-refractivity contribution in [2.24, 2.45) is 0 Å². The highest BCUT2D eigenvalue weighted by atomic mass is 32.1. The number of hydrogen-bond donors (Lipinski definition) is 2. The van der Waals surface area contributed by atoms with Gasteiger partial charge in [-0.1, -0.05) is 0 Å². The highest BCUT2D eigenvalue weighted by molar-refractivity contribution is 6.99. The number of rotatable bonds is 4. The Labute approximate surface area is 82.1 Å². The van der Waals surface area contributed by atoms with Crippen molar-refractivity contribution < 1.29 is 18.7 Å². The molecule has 0 aliphatic heterocycles. The van der Waals surface area contributed by atoms with Gasteiger partial charge in [-0.05, 0) is 0 Å². The smallest absolute Gasteiger partial charge is 0.287 e. The molecule has 1 rings (SSSR count). The van der Waals surface area contributed by atoms with Crippen LogP contribution in [-0.4, -0.2) is 38.8 Å². The van der Waals surface area contributed by atoms with Gasteiger partial charge in [0.15, 0.2) is 5.69 Å². The second-order valence-electron chi connectivity index (χ2n) is 2.49. The summed E-state index contributed by atoms with van der Waals surface area (Å²) < 4.78 is 32.0. The van der Waals surface area contributed by atoms with E-state index in [1.54, 1.807) is 0 Å². The molecule has 0 aliphatic rings. The third kappa shape index (κ3) is 2.96. The van der Waals surface area contributed by atoms with E-state index < -0.39 is 25.0 Å². The molecule has 0 aliphatic carbocycles. The molecule has 0 spiro atoms. The number of nitrogens with zero attached hydrogens (tertiary/aromatic N) is 2. The van der Waals surface area contributed by atoms with Gasteiger partial charge in [0, 0.05) is 0 Å². The third-order valence-corrected chi connectivity index (χ3v) is 1.81. The number of aliphatic hydroxyl groups excluding tert-OH is 1. The van der Waals surface area contributed by atoms with E-state index in [1.165, 1.54) is 6.20 Å². The van der Waals surface area contributed by atoms with Crippen molar-refractivity contribution in [1.82, 2.24) is 14.1 Å². The Bertz CT molecular complexity index is 304. The molecule has 0 aromatic carbocycles. The summed E-state index contributed by atoms with van der Waals surface area (Å²) >= 11 is 0.809. The standard InChI is InChI=1S/C6H7F2N3O2S/c7-6(8,3-12)2-9-5(13)4-1-10-14-11-4/h1,12H,2-3H2,(H,9,13). The summed E-state index contributed by atoms with van der Waals surface area (Å²) in [6.07, 6.45) is 1.18. The summed E-state index contributed by atoms with van der Waals surface area (Å²) in [5, 5.41) is 10.1. The third-order valence-electron chi connectivity index (χ3n) is 1.33. The van der Waals surface area contributed by atoms with Crippen LogP contribution in [0.3, 0.4) is 0 Å². The fraction of sp³-hybridized carbons (Fsp3) is 0.500. The molecule has 1 aromatic heterocycles. The molecule has 0 saturated carbocycles. The Morgan fingerprint density at radius 2 is 2.43 bits per heavy atom. The fourth-order valence-electron chi connectivity index (χ4n) is 0.621. The maximum absolute atomic E-state index is 12.5. The molecule has 1 amide bonds. The Kier molecular flexibility index (Phi) is 3.42. The summed E-state index contributed by atoms with van der Waals surface area (Å²) in [5.41, 5.74) is -0.0104. The zero-order valence-electron chi connectivity index (χ0n) is 6.91. The van der Waals surface area contributed by atoms with E-state index in [0.29, 0.717) is 0 Å². The number of aliphatic hydroxyl groups is 1. The van der Waals surface area contributed by atoms with E-state index in [1.807, 2.05) is 5.32 Å². The second kappa shape index (κ2) is 4.38. The number of halogens is 2. The largest absolute Gasteiger partial charge is 0.390 e. The average molecular weight is 223 g/mol. The van der Waals surface area contributed by atoms with Crippen molar-refractivity contribution in [2.45, 2.75) is 5.92 Å². The van der Waals surface area contributed by atoms with Gasteiger partial charge in [0.25, 0.3) is 11.8 Å². The normalized spacial score (nSPS) is 11.4. The molecule has 5 nitrogen and oxygen atoms in total. The zero-order chi connectivity index (χ0) is 10.6. The van der Waals surface area contributed by atoms with E-state index in [4.69, 9.17) is 5.11 Å². The van der Waals surface area contributed by atoms with E-state index in [-0.39, 0.29) is 5.69 Å². The van der Waals surface area contributed by atoms with Gasteiger partial charge in [0.2, 0.25) is 0 Å². The summed E-state index contributed by atoms with van der Waals surface area (Å²) in [6.45, 7) is -2.22. The number of carbonyl (C=O) groups excluding carboxylic acids is 1. The SMILES string of the molecule is O=C(NCC(F)(F)CO)c1cnsn1. The van der Waals surface area contributed by atoms with Crippen LogP contribution < -0.4 is 5.32 Å². The number of hydrogen-bond acceptors (Lipinski definition) is 5. The van der Waals surface area contributed by atoms with E-state index in [9.17, 15) is 13.6 Å². The first-order valence-corrected chi connectivity index (χ1v) is 4.32. The molecular formula is C6H7F2N3O2S. The fourth-order valence-corrected chi connectivity index (χ4v) is 1.03. The lowest BCUT2D eigenvalue weighted by Gasteiger charge is -2.12. The lowest BCUT2D eigenvalue weighted by molar-refractivity contribution is -0.0462. The van der Waals surface area contributed by atoms with Crippen molar-refractivity contribution in [3.8, 4) is 0 Å². The molecule has 0 bridgehead atoms. The van der Waals surface area contributed by atoms with Crippen molar-refractivity contribution in [3.05, 3.63) is 11.9 Å². The molecule has 78 valence electrons. The van der Waals surface area contributed by atoms with Gasteiger partial charge in [0.1, 0.15) is 6.61 Å². The summed E-state index contributed by atoms with van der Waals surface area (Å²) in [4.78, 5) is 11.0. The monoisotopic (exact) mass is 223 g/mol. The maximum atomic E-state index is 12.5. The minimum atomic E-state index is -3.31. The van der Waals surface area contributed by atoms with Gasteiger partial charge in [-0.2, -0.15) is 8.75 Å². The number of nitrogens with one attached hydrogen (secondary N) is 1. The summed E-state index contributed by atoms with van der Waals surface area (Å²) in [6, 6.07) is 0. The minimum absolute atomic E-state index is 0.0104. The molecule has 1 aromatic rings. The first-order valence-electron chi connectivity index (χ1n) is 3.59. The molecule has 0 saturated heterocycles. The van der Waals surface area contributed by atoms with Gasteiger partial charge in [-0.15, -0.1) is 0 Å². The second-order valence-corrected chi connectivity index (χ2v) is 3.05. The van der Waals surface area contributed by atoms with Crippen LogP contribution >= 0.6 is 11.7 Å². The average Bonchev–Trinajstić information content (AvgIpc) is 2.67. The Balaban J connectivity index is 2.43. The lowest BCUT2D eigenvalue weighted by Crippen LogP contribution is -2.39. The van der Waals surface area contributed by atoms with Crippen LogP contribution in [0.25, 0.3) is 0 Å². The number of alkyl halides is 2. The van der Waals surface area contributed by atoms with Gasteiger partial charge in [0.05, 0.1) is 24.5 Å². The van der Waals surface area contributed by atoms with E-state index in [0.717, 1.165) is 11.7 Å². The van der Waals surface area contributed by atoms with Crippen LogP contribution in [0.1, 0.15) is 10.5 Å². The summed E-state index contributed by atoms with van der Waals surface area (Å²) in [7, 11) is 0. The molecular weight excluding hydrogens is 216 g/mol. The van der Waals surface area contributed by atoms with Crippen LogP contribution in [0.2, 0.25) is 0 Å². The van der Waals surface area contributed by atoms with Crippen molar-refractivity contribution in [2.75, 3.05) is 13.2 Å². The van der Waals surface area contributed by atoms with Gasteiger partial charge in [-0.25, -0.2) is 8.78 Å². The van der Waals surface area contributed by atoms with Crippen LogP contribution in [0.4, 0.5) is 8.78 Å². The zero-order valence-corrected chi connectivity index (χ0v) is 7.72. The van der Waals surface area contributed by atoms with Crippen LogP contribution in [0.15, 0.2) is 6.20 Å². The molecule has 14 heavy (non-hydrogen) atoms. The molecule has 8 heteroatoms. The molecule has 2 N–H and O–H groups in total. The molecule has 0 radical (unpaired) electrons. The number of aromatic nitrogens is 2. The molecule has 0 unspecified atom stereocenters. The number of amides is 1. The molecule has 0 atom stereocenters. The van der Waals surface area contributed by atoms with Crippen molar-refractivity contribution >= 4 is 17.6 Å². The molecule has 0 fully saturated rings. The Morgan fingerprint density at radius 3 is 2.93 bits per heavy atom. The van der Waals surface area contributed by atoms with Crippen LogP contribution in [0.5, 0.6) is 0 Å². The molecule has 1 heterocycles. The minimum Gasteiger partial charge on any atom is -0.390 e. The van der Waals surface area contributed by atoms with Crippen molar-refractivity contribution in [3.63, 3.8) is 0 Å². The van der Waals surface area contributed by atoms with Gasteiger partial charge in [-0.3, -0.25) is 4.79 Å². The van der Waals surface area contributed by atoms with Crippen molar-refractivity contribution in [1.29, 1.82) is 0 Å². The maximum Gasteiger partial charge on any atom is 0.287 e. The summed E-state index contributed by atoms with van der Waals surface area (Å²) in [5.74, 6) is -4.04. The predicted octanol–water partition coefficient (Wildman–Crippen LogP) is -0.104. The van der Waals surface area contributed by atoms with E-state index in [2.05, 4.69) is 8.75 Å². The van der Waals surface area contributed by atoms with Gasteiger partial charge < -0.3 is 10.4 Å². The van der Waals surface area contributed by atoms with Crippen LogP contribution in [-0.2, 0) is 0 Å². The van der Waals surface area contributed by atoms with E-state index >= 15 is 0 Å². The Hall–Kier alpha value is -1.15. The number of carbonyl (C=O) groups is 1. The predicted molar refractivity (Wildman–Crippen MR) is 44.3 cm³/mol. The van der Waals surface area contributed by atoms with Crippen LogP contribution in [0, 0.1) is 0 Å². The highest BCUT2D eigenvalue weighted by Crippen LogP contribution is 2.09. The lowest BCUT2D eigenvalue weighted by atomic mass is 10.3.